The molecule has 0 bridgehead atoms. The maximum Gasteiger partial charge on any atom is 0.148 e. The first-order valence-electron chi connectivity index (χ1n) is 6.97. The molecule has 0 spiro atoms. The summed E-state index contributed by atoms with van der Waals surface area (Å²) in [5.41, 5.74) is 1.65. The zero-order valence-corrected chi connectivity index (χ0v) is 13.8. The van der Waals surface area contributed by atoms with Gasteiger partial charge in [0.15, 0.2) is 0 Å². The number of nitriles is 1. The molecular weight excluding hydrogens is 363 g/mol. The van der Waals surface area contributed by atoms with Gasteiger partial charge in [-0.15, -0.1) is 0 Å². The number of fused-ring (bicyclic) bond motifs is 1. The molecule has 5 nitrogen and oxygen atoms in total. The highest BCUT2D eigenvalue weighted by molar-refractivity contribution is 9.10. The maximum atomic E-state index is 13.0. The van der Waals surface area contributed by atoms with Crippen molar-refractivity contribution in [2.75, 3.05) is 0 Å². The van der Waals surface area contributed by atoms with E-state index in [9.17, 15) is 9.65 Å². The minimum absolute atomic E-state index is 0.352. The Morgan fingerprint density at radius 2 is 2.26 bits per heavy atom. The van der Waals surface area contributed by atoms with Crippen molar-refractivity contribution in [3.63, 3.8) is 0 Å². The van der Waals surface area contributed by atoms with Crippen LogP contribution in [-0.4, -0.2) is 14.6 Å². The van der Waals surface area contributed by atoms with Crippen molar-refractivity contribution >= 4 is 21.4 Å². The zero-order chi connectivity index (χ0) is 16.4. The topological polar surface area (TPSA) is 63.2 Å². The van der Waals surface area contributed by atoms with Gasteiger partial charge in [0.05, 0.1) is 18.1 Å². The number of nitrogens with zero attached hydrogens (tertiary/aromatic N) is 4. The van der Waals surface area contributed by atoms with E-state index in [4.69, 9.17) is 4.74 Å². The minimum Gasteiger partial charge on any atom is -0.482 e. The Hall–Kier alpha value is -2.46. The summed E-state index contributed by atoms with van der Waals surface area (Å²) < 4.78 is 21.5. The lowest BCUT2D eigenvalue weighted by molar-refractivity contribution is 0.198. The number of aromatic nitrogens is 3. The summed E-state index contributed by atoms with van der Waals surface area (Å²) >= 11 is 3.40. The predicted molar refractivity (Wildman–Crippen MR) is 85.5 cm³/mol. The molecule has 0 aliphatic rings. The van der Waals surface area contributed by atoms with Crippen molar-refractivity contribution in [2.45, 2.75) is 19.4 Å². The second-order valence-corrected chi connectivity index (χ2v) is 5.82. The van der Waals surface area contributed by atoms with Gasteiger partial charge in [0, 0.05) is 10.7 Å². The molecule has 0 amide bonds. The van der Waals surface area contributed by atoms with Crippen LogP contribution in [0.25, 0.3) is 5.52 Å². The molecule has 3 heterocycles. The number of hydrogen-bond acceptors (Lipinski definition) is 4. The van der Waals surface area contributed by atoms with Gasteiger partial charge in [-0.05, 0) is 40.5 Å². The fourth-order valence-corrected chi connectivity index (χ4v) is 2.71. The second-order valence-electron chi connectivity index (χ2n) is 4.90. The third kappa shape index (κ3) is 3.03. The van der Waals surface area contributed by atoms with Gasteiger partial charge < -0.3 is 4.74 Å². The molecule has 0 aliphatic carbocycles. The van der Waals surface area contributed by atoms with E-state index in [2.05, 4.69) is 32.1 Å². The summed E-state index contributed by atoms with van der Waals surface area (Å²) in [4.78, 5) is 4.08. The fourth-order valence-electron chi connectivity index (χ4n) is 2.31. The van der Waals surface area contributed by atoms with Gasteiger partial charge in [-0.2, -0.15) is 10.4 Å². The van der Waals surface area contributed by atoms with Crippen molar-refractivity contribution in [3.8, 4) is 11.8 Å². The van der Waals surface area contributed by atoms with Gasteiger partial charge in [-0.25, -0.2) is 8.91 Å². The SMILES string of the molecule is CC[C@@H](Oc1cc(Br)cn2ncc(C#N)c12)c1ccc(F)cn1. The van der Waals surface area contributed by atoms with Crippen molar-refractivity contribution in [2.24, 2.45) is 0 Å². The van der Waals surface area contributed by atoms with Gasteiger partial charge in [0.1, 0.15) is 34.8 Å². The summed E-state index contributed by atoms with van der Waals surface area (Å²) in [5.74, 6) is 0.127. The molecule has 3 aromatic rings. The van der Waals surface area contributed by atoms with Gasteiger partial charge >= 0.3 is 0 Å². The van der Waals surface area contributed by atoms with Crippen molar-refractivity contribution in [1.82, 2.24) is 14.6 Å². The van der Waals surface area contributed by atoms with E-state index in [0.29, 0.717) is 28.9 Å². The van der Waals surface area contributed by atoms with E-state index in [1.54, 1.807) is 22.8 Å². The van der Waals surface area contributed by atoms with Crippen LogP contribution < -0.4 is 4.74 Å². The third-order valence-electron chi connectivity index (χ3n) is 3.38. The standard InChI is InChI=1S/C16H12BrFN4O/c1-2-14(13-4-3-12(18)8-20-13)23-15-5-11(17)9-22-16(15)10(6-19)7-21-22/h3-5,7-9,14H,2H2,1H3/t14-/m1/s1. The molecule has 0 unspecified atom stereocenters. The first kappa shape index (κ1) is 15.4. The number of pyridine rings is 2. The largest absolute Gasteiger partial charge is 0.482 e. The van der Waals surface area contributed by atoms with Gasteiger partial charge in [0.25, 0.3) is 0 Å². The van der Waals surface area contributed by atoms with Gasteiger partial charge in [-0.3, -0.25) is 4.98 Å². The Morgan fingerprint density at radius 3 is 2.91 bits per heavy atom. The van der Waals surface area contributed by atoms with E-state index in [1.807, 2.05) is 6.92 Å². The van der Waals surface area contributed by atoms with Crippen molar-refractivity contribution < 1.29 is 9.13 Å². The Kier molecular flexibility index (Phi) is 4.26. The molecule has 3 aromatic heterocycles. The maximum absolute atomic E-state index is 13.0. The lowest BCUT2D eigenvalue weighted by Crippen LogP contribution is -2.09. The van der Waals surface area contributed by atoms with Crippen molar-refractivity contribution in [1.29, 1.82) is 5.26 Å². The average Bonchev–Trinajstić information content (AvgIpc) is 2.96. The Morgan fingerprint density at radius 1 is 1.43 bits per heavy atom. The Bertz CT molecular complexity index is 885. The molecule has 0 radical (unpaired) electrons. The molecule has 0 saturated heterocycles. The molecule has 0 saturated carbocycles. The van der Waals surface area contributed by atoms with Crippen LogP contribution in [0.4, 0.5) is 4.39 Å². The van der Waals surface area contributed by atoms with E-state index >= 15 is 0 Å². The molecule has 23 heavy (non-hydrogen) atoms. The van der Waals surface area contributed by atoms with E-state index in [1.165, 1.54) is 12.3 Å². The van der Waals surface area contributed by atoms with E-state index in [0.717, 1.165) is 10.7 Å². The summed E-state index contributed by atoms with van der Waals surface area (Å²) in [5, 5.41) is 13.4. The molecule has 0 aromatic carbocycles. The highest BCUT2D eigenvalue weighted by Crippen LogP contribution is 2.31. The zero-order valence-electron chi connectivity index (χ0n) is 12.2. The van der Waals surface area contributed by atoms with Crippen LogP contribution >= 0.6 is 15.9 Å². The highest BCUT2D eigenvalue weighted by atomic mass is 79.9. The summed E-state index contributed by atoms with van der Waals surface area (Å²) in [6.45, 7) is 1.95. The lowest BCUT2D eigenvalue weighted by atomic mass is 10.1. The first-order valence-corrected chi connectivity index (χ1v) is 7.76. The molecule has 3 rings (SSSR count). The van der Waals surface area contributed by atoms with E-state index < -0.39 is 5.82 Å². The van der Waals surface area contributed by atoms with E-state index in [-0.39, 0.29) is 6.10 Å². The van der Waals surface area contributed by atoms with Crippen LogP contribution in [0.1, 0.15) is 30.7 Å². The average molecular weight is 375 g/mol. The number of hydrogen-bond donors (Lipinski definition) is 0. The van der Waals surface area contributed by atoms with Crippen LogP contribution in [0.2, 0.25) is 0 Å². The molecule has 7 heteroatoms. The first-order chi connectivity index (χ1) is 11.1. The van der Waals surface area contributed by atoms with Crippen LogP contribution in [0.3, 0.4) is 0 Å². The molecular formula is C16H12BrFN4O. The van der Waals surface area contributed by atoms with Crippen LogP contribution in [0, 0.1) is 17.1 Å². The van der Waals surface area contributed by atoms with Gasteiger partial charge in [-0.1, -0.05) is 6.92 Å². The molecule has 0 fully saturated rings. The monoisotopic (exact) mass is 374 g/mol. The van der Waals surface area contributed by atoms with Crippen LogP contribution in [0.5, 0.6) is 5.75 Å². The summed E-state index contributed by atoms with van der Waals surface area (Å²) in [7, 11) is 0. The van der Waals surface area contributed by atoms with Crippen molar-refractivity contribution in [3.05, 3.63) is 58.3 Å². The highest BCUT2D eigenvalue weighted by Gasteiger charge is 2.18. The van der Waals surface area contributed by atoms with Crippen LogP contribution in [0.15, 0.2) is 41.3 Å². The minimum atomic E-state index is -0.393. The molecule has 0 N–H and O–H groups in total. The number of halogens is 2. The predicted octanol–water partition coefficient (Wildman–Crippen LogP) is 4.03. The summed E-state index contributed by atoms with van der Waals surface area (Å²) in [6, 6.07) is 6.84. The molecule has 0 aliphatic heterocycles. The fraction of sp³-hybridized carbons (Fsp3) is 0.188. The van der Waals surface area contributed by atoms with Gasteiger partial charge in [0.2, 0.25) is 0 Å². The molecule has 116 valence electrons. The van der Waals surface area contributed by atoms with Crippen LogP contribution in [-0.2, 0) is 0 Å². The Balaban J connectivity index is 2.04. The summed E-state index contributed by atoms with van der Waals surface area (Å²) in [6.07, 6.45) is 4.70. The normalized spacial score (nSPS) is 12.1. The third-order valence-corrected chi connectivity index (χ3v) is 3.82. The smallest absolute Gasteiger partial charge is 0.148 e. The Labute approximate surface area is 140 Å². The number of rotatable bonds is 4. The number of ether oxygens (including phenoxy) is 1. The quantitative estimate of drug-likeness (QED) is 0.691. The molecule has 1 atom stereocenters. The second kappa shape index (κ2) is 6.34. The lowest BCUT2D eigenvalue weighted by Gasteiger charge is -2.18.